The minimum atomic E-state index is 0.647. The first-order valence-electron chi connectivity index (χ1n) is 6.26. The highest BCUT2D eigenvalue weighted by molar-refractivity contribution is 7.99. The van der Waals surface area contributed by atoms with E-state index >= 15 is 0 Å². The molecule has 1 aromatic rings. The van der Waals surface area contributed by atoms with Gasteiger partial charge in [-0.3, -0.25) is 0 Å². The van der Waals surface area contributed by atoms with Crippen LogP contribution in [-0.2, 0) is 0 Å². The number of rotatable bonds is 3. The van der Waals surface area contributed by atoms with Crippen molar-refractivity contribution in [3.05, 3.63) is 17.5 Å². The van der Waals surface area contributed by atoms with Crippen LogP contribution in [0.3, 0.4) is 0 Å². The number of hydrogen-bond acceptors (Lipinski definition) is 4. The lowest BCUT2D eigenvalue weighted by atomic mass is 10.1. The molecule has 3 nitrogen and oxygen atoms in total. The molecule has 1 saturated carbocycles. The molecule has 0 spiro atoms. The predicted molar refractivity (Wildman–Crippen MR) is 72.4 cm³/mol. The maximum Gasteiger partial charge on any atom is 0.188 e. The molecule has 1 heterocycles. The molecule has 94 valence electrons. The third-order valence-corrected chi connectivity index (χ3v) is 4.93. The van der Waals surface area contributed by atoms with Crippen LogP contribution < -0.4 is 5.32 Å². The van der Waals surface area contributed by atoms with E-state index in [-0.39, 0.29) is 0 Å². The van der Waals surface area contributed by atoms with E-state index in [9.17, 15) is 0 Å². The van der Waals surface area contributed by atoms with Gasteiger partial charge in [0.15, 0.2) is 5.16 Å². The van der Waals surface area contributed by atoms with Crippen LogP contribution in [0.25, 0.3) is 0 Å². The van der Waals surface area contributed by atoms with E-state index in [4.69, 9.17) is 0 Å². The zero-order valence-corrected chi connectivity index (χ0v) is 11.8. The molecule has 2 rings (SSSR count). The van der Waals surface area contributed by atoms with Crippen molar-refractivity contribution in [1.82, 2.24) is 15.3 Å². The first-order chi connectivity index (χ1) is 8.10. The van der Waals surface area contributed by atoms with Crippen molar-refractivity contribution in [2.45, 2.75) is 50.1 Å². The molecule has 4 heteroatoms. The van der Waals surface area contributed by atoms with Gasteiger partial charge in [0.25, 0.3) is 0 Å². The Labute approximate surface area is 108 Å². The van der Waals surface area contributed by atoms with Crippen LogP contribution in [0.5, 0.6) is 0 Å². The highest BCUT2D eigenvalue weighted by atomic mass is 32.2. The Morgan fingerprint density at radius 1 is 1.24 bits per heavy atom. The van der Waals surface area contributed by atoms with Crippen LogP contribution in [0.4, 0.5) is 0 Å². The third kappa shape index (κ3) is 2.99. The Morgan fingerprint density at radius 2 is 1.88 bits per heavy atom. The molecule has 0 amide bonds. The topological polar surface area (TPSA) is 37.8 Å². The molecule has 1 fully saturated rings. The van der Waals surface area contributed by atoms with E-state index in [0.717, 1.165) is 16.5 Å². The lowest BCUT2D eigenvalue weighted by molar-refractivity contribution is 0.463. The predicted octanol–water partition coefficient (Wildman–Crippen LogP) is 2.57. The van der Waals surface area contributed by atoms with Crippen molar-refractivity contribution in [2.75, 3.05) is 7.05 Å². The first-order valence-corrected chi connectivity index (χ1v) is 7.14. The van der Waals surface area contributed by atoms with Crippen molar-refractivity contribution in [3.63, 3.8) is 0 Å². The normalized spacial score (nSPS) is 28.6. The molecule has 1 aliphatic rings. The van der Waals surface area contributed by atoms with Crippen LogP contribution >= 0.6 is 11.8 Å². The quantitative estimate of drug-likeness (QED) is 0.838. The van der Waals surface area contributed by atoms with Crippen LogP contribution in [0.1, 0.15) is 31.2 Å². The van der Waals surface area contributed by atoms with Crippen molar-refractivity contribution < 1.29 is 0 Å². The summed E-state index contributed by atoms with van der Waals surface area (Å²) < 4.78 is 0. The van der Waals surface area contributed by atoms with E-state index in [1.807, 2.05) is 31.7 Å². The number of hydrogen-bond donors (Lipinski definition) is 1. The van der Waals surface area contributed by atoms with Gasteiger partial charge in [-0.25, -0.2) is 9.97 Å². The fourth-order valence-corrected chi connectivity index (χ4v) is 3.91. The fourth-order valence-electron chi connectivity index (χ4n) is 2.58. The summed E-state index contributed by atoms with van der Waals surface area (Å²) in [6, 6.07) is 2.68. The number of nitrogens with one attached hydrogen (secondary N) is 1. The van der Waals surface area contributed by atoms with Crippen LogP contribution in [0.2, 0.25) is 0 Å². The Kier molecular flexibility index (Phi) is 4.05. The molecule has 0 aromatic carbocycles. The monoisotopic (exact) mass is 251 g/mol. The van der Waals surface area contributed by atoms with Crippen LogP contribution in [0, 0.1) is 19.8 Å². The second-order valence-electron chi connectivity index (χ2n) is 4.92. The van der Waals surface area contributed by atoms with E-state index in [1.165, 1.54) is 12.8 Å². The molecule has 0 aliphatic heterocycles. The summed E-state index contributed by atoms with van der Waals surface area (Å²) in [5.41, 5.74) is 2.13. The molecule has 0 saturated heterocycles. The molecule has 1 aromatic heterocycles. The Morgan fingerprint density at radius 3 is 2.41 bits per heavy atom. The number of aryl methyl sites for hydroxylation is 2. The molecule has 1 aliphatic carbocycles. The SMILES string of the molecule is CNC1CCC(Sc2nc(C)cc(C)n2)C1C. The van der Waals surface area contributed by atoms with Crippen molar-refractivity contribution in [3.8, 4) is 0 Å². The highest BCUT2D eigenvalue weighted by Crippen LogP contribution is 2.37. The van der Waals surface area contributed by atoms with Crippen molar-refractivity contribution in [1.29, 1.82) is 0 Å². The summed E-state index contributed by atoms with van der Waals surface area (Å²) in [6.07, 6.45) is 2.52. The second kappa shape index (κ2) is 5.36. The highest BCUT2D eigenvalue weighted by Gasteiger charge is 2.32. The van der Waals surface area contributed by atoms with Gasteiger partial charge in [-0.2, -0.15) is 0 Å². The number of aromatic nitrogens is 2. The lowest BCUT2D eigenvalue weighted by Crippen LogP contribution is -2.30. The second-order valence-corrected chi connectivity index (χ2v) is 6.13. The van der Waals surface area contributed by atoms with Gasteiger partial charge in [-0.1, -0.05) is 18.7 Å². The fraction of sp³-hybridized carbons (Fsp3) is 0.692. The lowest BCUT2D eigenvalue weighted by Gasteiger charge is -2.19. The summed E-state index contributed by atoms with van der Waals surface area (Å²) in [5.74, 6) is 0.689. The Hall–Kier alpha value is -0.610. The average Bonchev–Trinajstić information content (AvgIpc) is 2.58. The standard InChI is InChI=1S/C13H21N3S/c1-8-7-9(2)16-13(15-8)17-12-6-5-11(14-4)10(12)3/h7,10-12,14H,5-6H2,1-4H3. The summed E-state index contributed by atoms with van der Waals surface area (Å²) in [7, 11) is 2.06. The van der Waals surface area contributed by atoms with Gasteiger partial charge < -0.3 is 5.32 Å². The Bertz CT molecular complexity index is 374. The zero-order chi connectivity index (χ0) is 12.4. The van der Waals surface area contributed by atoms with Crippen molar-refractivity contribution >= 4 is 11.8 Å². The summed E-state index contributed by atoms with van der Waals surface area (Å²) in [6.45, 7) is 6.40. The Balaban J connectivity index is 2.06. The molecular weight excluding hydrogens is 230 g/mol. The van der Waals surface area contributed by atoms with Crippen LogP contribution in [0.15, 0.2) is 11.2 Å². The number of thioether (sulfide) groups is 1. The van der Waals surface area contributed by atoms with Crippen molar-refractivity contribution in [2.24, 2.45) is 5.92 Å². The molecule has 17 heavy (non-hydrogen) atoms. The molecule has 0 radical (unpaired) electrons. The van der Waals surface area contributed by atoms with Gasteiger partial charge in [0.1, 0.15) is 0 Å². The smallest absolute Gasteiger partial charge is 0.188 e. The summed E-state index contributed by atoms with van der Waals surface area (Å²) in [4.78, 5) is 9.03. The van der Waals surface area contributed by atoms with E-state index in [2.05, 4.69) is 29.3 Å². The van der Waals surface area contributed by atoms with Gasteiger partial charge >= 0.3 is 0 Å². The van der Waals surface area contributed by atoms with E-state index in [1.54, 1.807) is 0 Å². The van der Waals surface area contributed by atoms with Gasteiger partial charge in [0, 0.05) is 22.7 Å². The largest absolute Gasteiger partial charge is 0.317 e. The minimum Gasteiger partial charge on any atom is -0.317 e. The summed E-state index contributed by atoms with van der Waals surface area (Å²) >= 11 is 1.84. The third-order valence-electron chi connectivity index (χ3n) is 3.57. The molecule has 3 atom stereocenters. The zero-order valence-electron chi connectivity index (χ0n) is 11.0. The first kappa shape index (κ1) is 12.8. The molecule has 0 bridgehead atoms. The molecule has 1 N–H and O–H groups in total. The minimum absolute atomic E-state index is 0.647. The van der Waals surface area contributed by atoms with Gasteiger partial charge in [0.05, 0.1) is 0 Å². The maximum absolute atomic E-state index is 4.51. The molecule has 3 unspecified atom stereocenters. The van der Waals surface area contributed by atoms with Gasteiger partial charge in [0.2, 0.25) is 0 Å². The van der Waals surface area contributed by atoms with Crippen LogP contribution in [-0.4, -0.2) is 28.3 Å². The van der Waals surface area contributed by atoms with Gasteiger partial charge in [-0.15, -0.1) is 0 Å². The average molecular weight is 251 g/mol. The van der Waals surface area contributed by atoms with Gasteiger partial charge in [-0.05, 0) is 45.7 Å². The number of nitrogens with zero attached hydrogens (tertiary/aromatic N) is 2. The van der Waals surface area contributed by atoms with E-state index < -0.39 is 0 Å². The van der Waals surface area contributed by atoms with E-state index in [0.29, 0.717) is 17.2 Å². The molecular formula is C13H21N3S. The maximum atomic E-state index is 4.51. The summed E-state index contributed by atoms with van der Waals surface area (Å²) in [5, 5.41) is 4.99.